The first-order valence-electron chi connectivity index (χ1n) is 14.0. The van der Waals surface area contributed by atoms with Gasteiger partial charge in [-0.3, -0.25) is 0 Å². The van der Waals surface area contributed by atoms with Crippen LogP contribution in [0.3, 0.4) is 0 Å². The largest absolute Gasteiger partial charge is 0.399 e. The molecule has 1 atom stereocenters. The summed E-state index contributed by atoms with van der Waals surface area (Å²) in [4.78, 5) is 0. The molecule has 1 unspecified atom stereocenters. The van der Waals surface area contributed by atoms with Crippen LogP contribution < -0.4 is 11.5 Å². The number of allylic oxidation sites excluding steroid dienone is 3. The Kier molecular flexibility index (Phi) is 35.3. The van der Waals surface area contributed by atoms with E-state index in [1.807, 2.05) is 70.2 Å². The maximum absolute atomic E-state index is 7.17. The van der Waals surface area contributed by atoms with Gasteiger partial charge in [0.25, 0.3) is 0 Å². The standard InChI is InChI=1S/C11H16N2.C8H10.C7H9N.C4H10.C3H8.C2H6/c1-4-11(10(3)13)8-6-5-7-9(2)12;1-7-3-5-8(2)6-4-7;1-6-3-2-4-7(8)5-6;1-3-4-2;1-3-2;1-2/h1,5-6,8,10,12H,7,13H2,2-3H3;3-6H,1-2H3;2-5H,8H2,1H3;3-4H2,1-2H3;3H2,1-2H3;1-2H3/b6-5-,11-8-,12-9?;;;;;. The van der Waals surface area contributed by atoms with Crippen LogP contribution in [0.4, 0.5) is 5.69 Å². The van der Waals surface area contributed by atoms with Crippen molar-refractivity contribution < 1.29 is 0 Å². The molecule has 2 aromatic rings. The van der Waals surface area contributed by atoms with Crippen molar-refractivity contribution >= 4 is 11.4 Å². The number of nitrogens with two attached hydrogens (primary N) is 2. The summed E-state index contributed by atoms with van der Waals surface area (Å²) in [6.07, 6.45) is 15.3. The number of hydrogen-bond donors (Lipinski definition) is 3. The lowest BCUT2D eigenvalue weighted by Crippen LogP contribution is -2.16. The van der Waals surface area contributed by atoms with Gasteiger partial charge in [0.05, 0.1) is 0 Å². The summed E-state index contributed by atoms with van der Waals surface area (Å²) in [7, 11) is 0. The Hall–Kier alpha value is -3.09. The minimum Gasteiger partial charge on any atom is -0.399 e. The summed E-state index contributed by atoms with van der Waals surface area (Å²) >= 11 is 0. The van der Waals surface area contributed by atoms with Crippen molar-refractivity contribution in [3.05, 3.63) is 89.0 Å². The minimum atomic E-state index is -0.101. The van der Waals surface area contributed by atoms with Crippen molar-refractivity contribution in [1.29, 1.82) is 5.41 Å². The number of aryl methyl sites for hydroxylation is 3. The van der Waals surface area contributed by atoms with Gasteiger partial charge < -0.3 is 16.9 Å². The number of nitrogen functional groups attached to an aromatic ring is 1. The third kappa shape index (κ3) is 35.1. The molecule has 0 saturated heterocycles. The Morgan fingerprint density at radius 2 is 1.37 bits per heavy atom. The van der Waals surface area contributed by atoms with E-state index in [1.54, 1.807) is 6.92 Å². The van der Waals surface area contributed by atoms with Gasteiger partial charge in [-0.2, -0.15) is 0 Å². The zero-order chi connectivity index (χ0) is 30.4. The molecule has 3 heteroatoms. The van der Waals surface area contributed by atoms with Crippen molar-refractivity contribution in [3.63, 3.8) is 0 Å². The van der Waals surface area contributed by atoms with Crippen LogP contribution in [0.2, 0.25) is 0 Å². The van der Waals surface area contributed by atoms with E-state index in [2.05, 4.69) is 71.7 Å². The zero-order valence-electron chi connectivity index (χ0n) is 26.5. The van der Waals surface area contributed by atoms with E-state index in [9.17, 15) is 0 Å². The molecule has 0 heterocycles. The van der Waals surface area contributed by atoms with Gasteiger partial charge in [0.1, 0.15) is 0 Å². The second-order valence-corrected chi connectivity index (χ2v) is 8.74. The first-order valence-corrected chi connectivity index (χ1v) is 14.0. The highest BCUT2D eigenvalue weighted by molar-refractivity contribution is 5.79. The smallest absolute Gasteiger partial charge is 0.0346 e. The summed E-state index contributed by atoms with van der Waals surface area (Å²) in [6.45, 7) is 22.4. The molecule has 0 radical (unpaired) electrons. The summed E-state index contributed by atoms with van der Waals surface area (Å²) < 4.78 is 0. The van der Waals surface area contributed by atoms with E-state index in [0.29, 0.717) is 12.1 Å². The topological polar surface area (TPSA) is 75.9 Å². The fourth-order valence-corrected chi connectivity index (χ4v) is 2.05. The molecule has 0 spiro atoms. The highest BCUT2D eigenvalue weighted by Gasteiger charge is 1.96. The summed E-state index contributed by atoms with van der Waals surface area (Å²) in [5.41, 5.74) is 17.2. The fraction of sp³-hybridized carbons (Fsp3) is 0.457. The Balaban J connectivity index is -0.000000202. The molecule has 0 aliphatic heterocycles. The molecule has 0 fully saturated rings. The van der Waals surface area contributed by atoms with Crippen molar-refractivity contribution in [3.8, 4) is 12.3 Å². The molecule has 0 amide bonds. The van der Waals surface area contributed by atoms with E-state index >= 15 is 0 Å². The molecule has 0 aromatic heterocycles. The average Bonchev–Trinajstić information content (AvgIpc) is 2.88. The van der Waals surface area contributed by atoms with Crippen LogP contribution in [-0.2, 0) is 0 Å². The van der Waals surface area contributed by atoms with Gasteiger partial charge in [-0.25, -0.2) is 0 Å². The summed E-state index contributed by atoms with van der Waals surface area (Å²) in [6, 6.07) is 16.2. The lowest BCUT2D eigenvalue weighted by molar-refractivity contribution is 0.886. The highest BCUT2D eigenvalue weighted by Crippen LogP contribution is 2.03. The van der Waals surface area contributed by atoms with Crippen molar-refractivity contribution in [2.24, 2.45) is 5.73 Å². The second-order valence-electron chi connectivity index (χ2n) is 8.74. The predicted octanol–water partition coefficient (Wildman–Crippen LogP) is 10.0. The van der Waals surface area contributed by atoms with Crippen molar-refractivity contribution in [1.82, 2.24) is 0 Å². The summed E-state index contributed by atoms with van der Waals surface area (Å²) in [5.74, 6) is 2.52. The van der Waals surface area contributed by atoms with E-state index in [1.165, 1.54) is 36.0 Å². The zero-order valence-corrected chi connectivity index (χ0v) is 26.5. The van der Waals surface area contributed by atoms with Gasteiger partial charge in [-0.1, -0.05) is 126 Å². The first-order chi connectivity index (χ1) is 18.0. The van der Waals surface area contributed by atoms with Crippen molar-refractivity contribution in [2.75, 3.05) is 5.73 Å². The quantitative estimate of drug-likeness (QED) is 0.158. The number of rotatable bonds is 5. The molecule has 0 saturated carbocycles. The molecule has 5 N–H and O–H groups in total. The first kappa shape index (κ1) is 42.0. The second kappa shape index (κ2) is 31.9. The maximum atomic E-state index is 7.17. The Morgan fingerprint density at radius 1 is 0.921 bits per heavy atom. The van der Waals surface area contributed by atoms with Gasteiger partial charge in [-0.15, -0.1) is 6.42 Å². The van der Waals surface area contributed by atoms with Gasteiger partial charge in [-0.05, 0) is 58.4 Å². The van der Waals surface area contributed by atoms with E-state index in [4.69, 9.17) is 23.3 Å². The van der Waals surface area contributed by atoms with Gasteiger partial charge in [0.2, 0.25) is 0 Å². The predicted molar refractivity (Wildman–Crippen MR) is 177 cm³/mol. The van der Waals surface area contributed by atoms with E-state index < -0.39 is 0 Å². The van der Waals surface area contributed by atoms with Gasteiger partial charge in [0.15, 0.2) is 0 Å². The Morgan fingerprint density at radius 3 is 1.63 bits per heavy atom. The molecular weight excluding hydrogens is 462 g/mol. The molecule has 3 nitrogen and oxygen atoms in total. The van der Waals surface area contributed by atoms with Crippen LogP contribution >= 0.6 is 0 Å². The molecule has 214 valence electrons. The number of benzene rings is 2. The third-order valence-electron chi connectivity index (χ3n) is 4.25. The van der Waals surface area contributed by atoms with Crippen LogP contribution in [0.5, 0.6) is 0 Å². The molecule has 38 heavy (non-hydrogen) atoms. The normalized spacial score (nSPS) is 10.1. The van der Waals surface area contributed by atoms with Crippen LogP contribution in [0, 0.1) is 38.5 Å². The molecule has 0 aliphatic rings. The Bertz CT molecular complexity index is 842. The number of terminal acetylenes is 1. The van der Waals surface area contributed by atoms with Crippen LogP contribution in [-0.4, -0.2) is 11.8 Å². The van der Waals surface area contributed by atoms with E-state index in [-0.39, 0.29) is 6.04 Å². The van der Waals surface area contributed by atoms with Crippen LogP contribution in [0.15, 0.2) is 72.3 Å². The van der Waals surface area contributed by atoms with Gasteiger partial charge >= 0.3 is 0 Å². The molecule has 2 rings (SSSR count). The number of anilines is 1. The molecular formula is C35H59N3. The number of nitrogens with one attached hydrogen (secondary N) is 1. The molecule has 0 aliphatic carbocycles. The molecule has 2 aromatic carbocycles. The lowest BCUT2D eigenvalue weighted by atomic mass is 10.1. The summed E-state index contributed by atoms with van der Waals surface area (Å²) in [5, 5.41) is 7.17. The van der Waals surface area contributed by atoms with E-state index in [0.717, 1.165) is 11.3 Å². The average molecular weight is 522 g/mol. The van der Waals surface area contributed by atoms with Crippen molar-refractivity contribution in [2.45, 2.75) is 108 Å². The number of hydrogen-bond acceptors (Lipinski definition) is 3. The lowest BCUT2D eigenvalue weighted by Gasteiger charge is -2.01. The highest BCUT2D eigenvalue weighted by atomic mass is 14.6. The monoisotopic (exact) mass is 521 g/mol. The third-order valence-corrected chi connectivity index (χ3v) is 4.25. The fourth-order valence-electron chi connectivity index (χ4n) is 2.05. The minimum absolute atomic E-state index is 0.101. The van der Waals surface area contributed by atoms with Crippen LogP contribution in [0.25, 0.3) is 0 Å². The van der Waals surface area contributed by atoms with Crippen LogP contribution in [0.1, 0.15) is 97.8 Å². The number of unbranched alkanes of at least 4 members (excludes halogenated alkanes) is 1. The van der Waals surface area contributed by atoms with Gasteiger partial charge in [0, 0.05) is 29.4 Å². The SMILES string of the molecule is C#C/C(=C/C=C\CC(C)=N)C(C)N.CC.CCC.CCCC.Cc1ccc(C)cc1.Cc1cccc(N)c1. The Labute approximate surface area is 237 Å². The maximum Gasteiger partial charge on any atom is 0.0346 e. The molecule has 0 bridgehead atoms.